The molecule has 162 valence electrons. The molecule has 0 fully saturated rings. The van der Waals surface area contributed by atoms with Crippen molar-refractivity contribution in [2.75, 3.05) is 6.54 Å². The van der Waals surface area contributed by atoms with Crippen molar-refractivity contribution in [3.8, 4) is 0 Å². The summed E-state index contributed by atoms with van der Waals surface area (Å²) in [5, 5.41) is 7.60. The zero-order chi connectivity index (χ0) is 21.6. The molecule has 7 nitrogen and oxygen atoms in total. The van der Waals surface area contributed by atoms with Crippen LogP contribution < -0.4 is 11.0 Å². The first-order chi connectivity index (χ1) is 15.1. The Morgan fingerprint density at radius 2 is 2.06 bits per heavy atom. The number of aryl methyl sites for hydroxylation is 2. The van der Waals surface area contributed by atoms with E-state index in [4.69, 9.17) is 0 Å². The maximum atomic E-state index is 12.8. The summed E-state index contributed by atoms with van der Waals surface area (Å²) in [5.74, 6) is 1.18. The maximum Gasteiger partial charge on any atom is 0.346 e. The fourth-order valence-corrected chi connectivity index (χ4v) is 4.20. The molecule has 7 heteroatoms. The van der Waals surface area contributed by atoms with Gasteiger partial charge in [0, 0.05) is 38.3 Å². The molecule has 1 N–H and O–H groups in total. The number of nitrogens with one attached hydrogen (secondary N) is 1. The Morgan fingerprint density at radius 3 is 2.87 bits per heavy atom. The summed E-state index contributed by atoms with van der Waals surface area (Å²) in [7, 11) is 0. The van der Waals surface area contributed by atoms with E-state index in [1.807, 2.05) is 18.2 Å². The Hall–Kier alpha value is -3.22. The molecule has 4 rings (SSSR count). The van der Waals surface area contributed by atoms with Gasteiger partial charge in [0.1, 0.15) is 5.82 Å². The number of amides is 1. The zero-order valence-corrected chi connectivity index (χ0v) is 18.0. The number of nitrogens with zero attached hydrogens (tertiary/aromatic N) is 4. The number of fused-ring (bicyclic) bond motifs is 1. The van der Waals surface area contributed by atoms with Crippen LogP contribution in [0.25, 0.3) is 0 Å². The fraction of sp³-hybridized carbons (Fsp3) is 0.417. The summed E-state index contributed by atoms with van der Waals surface area (Å²) in [6.45, 7) is 3.77. The van der Waals surface area contributed by atoms with E-state index >= 15 is 0 Å². The quantitative estimate of drug-likeness (QED) is 0.638. The predicted octanol–water partition coefficient (Wildman–Crippen LogP) is 2.50. The minimum absolute atomic E-state index is 0.0814. The van der Waals surface area contributed by atoms with Gasteiger partial charge in [0.2, 0.25) is 5.91 Å². The molecule has 0 aliphatic carbocycles. The van der Waals surface area contributed by atoms with E-state index in [2.05, 4.69) is 40.5 Å². The Balaban J connectivity index is 1.27. The zero-order valence-electron chi connectivity index (χ0n) is 18.0. The lowest BCUT2D eigenvalue weighted by Gasteiger charge is -2.13. The lowest BCUT2D eigenvalue weighted by atomic mass is 9.96. The average molecular weight is 420 g/mol. The summed E-state index contributed by atoms with van der Waals surface area (Å²) in [6.07, 6.45) is 7.21. The summed E-state index contributed by atoms with van der Waals surface area (Å²) in [4.78, 5) is 29.3. The molecule has 1 unspecified atom stereocenters. The van der Waals surface area contributed by atoms with Gasteiger partial charge in [-0.25, -0.2) is 9.48 Å². The van der Waals surface area contributed by atoms with Gasteiger partial charge in [0.05, 0.1) is 6.54 Å². The monoisotopic (exact) mass is 419 g/mol. The van der Waals surface area contributed by atoms with Crippen LogP contribution in [0.4, 0.5) is 0 Å². The number of hydrogen-bond acceptors (Lipinski definition) is 4. The molecule has 1 aliphatic rings. The molecule has 3 heterocycles. The van der Waals surface area contributed by atoms with Crippen LogP contribution in [-0.2, 0) is 30.7 Å². The fourth-order valence-electron chi connectivity index (χ4n) is 4.20. The van der Waals surface area contributed by atoms with Crippen LogP contribution in [0.3, 0.4) is 0 Å². The van der Waals surface area contributed by atoms with Crippen LogP contribution in [0.2, 0.25) is 0 Å². The van der Waals surface area contributed by atoms with Crippen molar-refractivity contribution in [2.24, 2.45) is 5.92 Å². The van der Waals surface area contributed by atoms with Crippen molar-refractivity contribution < 1.29 is 4.79 Å². The van der Waals surface area contributed by atoms with Crippen LogP contribution in [0.5, 0.6) is 0 Å². The third-order valence-corrected chi connectivity index (χ3v) is 5.88. The minimum atomic E-state index is -0.0814. The molecular formula is C24H29N5O2. The van der Waals surface area contributed by atoms with Gasteiger partial charge >= 0.3 is 5.69 Å². The Labute approximate surface area is 182 Å². The van der Waals surface area contributed by atoms with Gasteiger partial charge in [-0.15, -0.1) is 0 Å². The lowest BCUT2D eigenvalue weighted by molar-refractivity contribution is -0.122. The summed E-state index contributed by atoms with van der Waals surface area (Å²) in [6, 6.07) is 12.2. The van der Waals surface area contributed by atoms with E-state index in [0.29, 0.717) is 26.1 Å². The largest absolute Gasteiger partial charge is 0.356 e. The third kappa shape index (κ3) is 5.48. The molecule has 3 aromatic rings. The standard InChI is InChI=1S/C24H29N5O2/c1-18-4-2-5-19(14-18)9-12-26-23(30)15-20-7-8-22-27-29(24(31)28(22)13-10-20)17-21-6-3-11-25-16-21/h2-6,11,14,16,20H,7-10,12-13,15,17H2,1H3,(H,26,30). The Bertz CT molecular complexity index is 1090. The molecule has 1 amide bonds. The van der Waals surface area contributed by atoms with Crippen LogP contribution >= 0.6 is 0 Å². The number of carbonyl (C=O) groups is 1. The van der Waals surface area contributed by atoms with E-state index in [-0.39, 0.29) is 17.5 Å². The van der Waals surface area contributed by atoms with Gasteiger partial charge in [-0.3, -0.25) is 14.3 Å². The van der Waals surface area contributed by atoms with E-state index in [9.17, 15) is 9.59 Å². The van der Waals surface area contributed by atoms with Gasteiger partial charge in [-0.05, 0) is 49.3 Å². The van der Waals surface area contributed by atoms with E-state index < -0.39 is 0 Å². The highest BCUT2D eigenvalue weighted by molar-refractivity contribution is 5.76. The van der Waals surface area contributed by atoms with Crippen molar-refractivity contribution >= 4 is 5.91 Å². The highest BCUT2D eigenvalue weighted by Crippen LogP contribution is 2.21. The predicted molar refractivity (Wildman–Crippen MR) is 119 cm³/mol. The highest BCUT2D eigenvalue weighted by Gasteiger charge is 2.22. The van der Waals surface area contributed by atoms with Crippen molar-refractivity contribution in [3.63, 3.8) is 0 Å². The second-order valence-electron chi connectivity index (χ2n) is 8.36. The number of hydrogen-bond donors (Lipinski definition) is 1. The lowest BCUT2D eigenvalue weighted by Crippen LogP contribution is -2.28. The number of pyridine rings is 1. The van der Waals surface area contributed by atoms with Gasteiger partial charge in [0.15, 0.2) is 0 Å². The van der Waals surface area contributed by atoms with Gasteiger partial charge in [-0.1, -0.05) is 35.9 Å². The molecule has 0 bridgehead atoms. The molecule has 0 saturated carbocycles. The van der Waals surface area contributed by atoms with Crippen molar-refractivity contribution in [3.05, 3.63) is 81.8 Å². The first kappa shape index (κ1) is 21.0. The second-order valence-corrected chi connectivity index (χ2v) is 8.36. The summed E-state index contributed by atoms with van der Waals surface area (Å²) >= 11 is 0. The topological polar surface area (TPSA) is 81.8 Å². The molecular weight excluding hydrogens is 390 g/mol. The molecule has 0 radical (unpaired) electrons. The van der Waals surface area contributed by atoms with Crippen molar-refractivity contribution in [1.82, 2.24) is 24.6 Å². The first-order valence-corrected chi connectivity index (χ1v) is 11.0. The third-order valence-electron chi connectivity index (χ3n) is 5.88. The van der Waals surface area contributed by atoms with E-state index in [1.165, 1.54) is 15.8 Å². The maximum absolute atomic E-state index is 12.8. The molecule has 31 heavy (non-hydrogen) atoms. The molecule has 1 aromatic carbocycles. The van der Waals surface area contributed by atoms with Crippen LogP contribution in [0.1, 0.15) is 41.8 Å². The van der Waals surface area contributed by atoms with Crippen molar-refractivity contribution in [2.45, 2.75) is 52.1 Å². The molecule has 2 aromatic heterocycles. The molecule has 0 spiro atoms. The Morgan fingerprint density at radius 1 is 1.19 bits per heavy atom. The van der Waals surface area contributed by atoms with Crippen LogP contribution in [0.15, 0.2) is 53.6 Å². The smallest absolute Gasteiger partial charge is 0.346 e. The molecule has 0 saturated heterocycles. The van der Waals surface area contributed by atoms with Crippen LogP contribution in [0, 0.1) is 12.8 Å². The SMILES string of the molecule is Cc1cccc(CCNC(=O)CC2CCc3nn(Cc4cccnc4)c(=O)n3CC2)c1. The van der Waals surface area contributed by atoms with E-state index in [0.717, 1.165) is 37.1 Å². The molecule has 1 aliphatic heterocycles. The van der Waals surface area contributed by atoms with E-state index in [1.54, 1.807) is 17.0 Å². The average Bonchev–Trinajstić information content (AvgIpc) is 2.92. The van der Waals surface area contributed by atoms with Gasteiger partial charge < -0.3 is 5.32 Å². The molecule has 1 atom stereocenters. The minimum Gasteiger partial charge on any atom is -0.356 e. The first-order valence-electron chi connectivity index (χ1n) is 11.0. The number of carbonyl (C=O) groups excluding carboxylic acids is 1. The van der Waals surface area contributed by atoms with Crippen LogP contribution in [-0.4, -0.2) is 31.8 Å². The van der Waals surface area contributed by atoms with Crippen molar-refractivity contribution in [1.29, 1.82) is 0 Å². The summed E-state index contributed by atoms with van der Waals surface area (Å²) < 4.78 is 3.29. The number of rotatable bonds is 7. The highest BCUT2D eigenvalue weighted by atomic mass is 16.2. The number of benzene rings is 1. The normalized spacial score (nSPS) is 15.8. The Kier molecular flexibility index (Phi) is 6.60. The van der Waals surface area contributed by atoms with Gasteiger partial charge in [-0.2, -0.15) is 5.10 Å². The van der Waals surface area contributed by atoms with Gasteiger partial charge in [0.25, 0.3) is 0 Å². The number of aromatic nitrogens is 4. The second kappa shape index (κ2) is 9.73. The summed E-state index contributed by atoms with van der Waals surface area (Å²) in [5.41, 5.74) is 3.35.